The van der Waals surface area contributed by atoms with E-state index in [4.69, 9.17) is 0 Å². The van der Waals surface area contributed by atoms with Crippen LogP contribution < -0.4 is 5.32 Å². The third-order valence-electron chi connectivity index (χ3n) is 2.64. The molecule has 3 heteroatoms. The molecule has 3 nitrogen and oxygen atoms in total. The van der Waals surface area contributed by atoms with Gasteiger partial charge >= 0.3 is 0 Å². The highest BCUT2D eigenvalue weighted by Gasteiger charge is 1.99. The number of para-hydroxylation sites is 1. The van der Waals surface area contributed by atoms with Crippen LogP contribution in [0, 0.1) is 6.92 Å². The Bertz CT molecular complexity index is 460. The summed E-state index contributed by atoms with van der Waals surface area (Å²) in [5, 5.41) is 7.66. The van der Waals surface area contributed by atoms with Crippen molar-refractivity contribution in [2.24, 2.45) is 0 Å². The van der Waals surface area contributed by atoms with Gasteiger partial charge < -0.3 is 5.32 Å². The number of aryl methyl sites for hydroxylation is 2. The molecule has 84 valence electrons. The molecule has 0 aliphatic heterocycles. The van der Waals surface area contributed by atoms with Crippen LogP contribution in [0.4, 0.5) is 5.69 Å². The molecule has 0 saturated heterocycles. The van der Waals surface area contributed by atoms with Gasteiger partial charge in [-0.25, -0.2) is 0 Å². The number of hydrogen-bond acceptors (Lipinski definition) is 2. The van der Waals surface area contributed by atoms with Gasteiger partial charge in [-0.15, -0.1) is 0 Å². The lowest BCUT2D eigenvalue weighted by Crippen LogP contribution is -2.00. The van der Waals surface area contributed by atoms with Gasteiger partial charge in [0.2, 0.25) is 0 Å². The smallest absolute Gasteiger partial charge is 0.0539 e. The molecule has 1 heterocycles. The summed E-state index contributed by atoms with van der Waals surface area (Å²) in [5.41, 5.74) is 3.67. The van der Waals surface area contributed by atoms with E-state index in [2.05, 4.69) is 48.7 Å². The monoisotopic (exact) mass is 215 g/mol. The maximum Gasteiger partial charge on any atom is 0.0539 e. The van der Waals surface area contributed by atoms with E-state index in [0.29, 0.717) is 0 Å². The fraction of sp³-hybridized carbons (Fsp3) is 0.308. The summed E-state index contributed by atoms with van der Waals surface area (Å²) < 4.78 is 1.94. The lowest BCUT2D eigenvalue weighted by atomic mass is 10.2. The molecule has 0 amide bonds. The molecule has 0 spiro atoms. The highest BCUT2D eigenvalue weighted by molar-refractivity contribution is 5.50. The van der Waals surface area contributed by atoms with Crippen LogP contribution in [0.25, 0.3) is 0 Å². The first-order valence-electron chi connectivity index (χ1n) is 5.60. The Morgan fingerprint density at radius 2 is 2.12 bits per heavy atom. The second-order valence-electron chi connectivity index (χ2n) is 3.87. The van der Waals surface area contributed by atoms with E-state index >= 15 is 0 Å². The predicted molar refractivity (Wildman–Crippen MR) is 66.4 cm³/mol. The molecule has 0 saturated carbocycles. The number of aromatic nitrogens is 2. The van der Waals surface area contributed by atoms with Crippen molar-refractivity contribution in [2.45, 2.75) is 26.9 Å². The van der Waals surface area contributed by atoms with Gasteiger partial charge in [-0.2, -0.15) is 5.10 Å². The van der Waals surface area contributed by atoms with Gasteiger partial charge in [0, 0.05) is 30.5 Å². The summed E-state index contributed by atoms with van der Waals surface area (Å²) in [6.45, 7) is 5.94. The zero-order valence-electron chi connectivity index (χ0n) is 9.77. The fourth-order valence-electron chi connectivity index (χ4n) is 1.64. The third-order valence-corrected chi connectivity index (χ3v) is 2.64. The summed E-state index contributed by atoms with van der Waals surface area (Å²) in [6.07, 6.45) is 3.99. The zero-order chi connectivity index (χ0) is 11.4. The summed E-state index contributed by atoms with van der Waals surface area (Å²) in [6, 6.07) is 8.30. The Labute approximate surface area is 96.1 Å². The van der Waals surface area contributed by atoms with Crippen LogP contribution in [0.15, 0.2) is 36.7 Å². The minimum Gasteiger partial charge on any atom is -0.381 e. The molecule has 0 unspecified atom stereocenters. The minimum absolute atomic E-state index is 0.824. The van der Waals surface area contributed by atoms with Crippen molar-refractivity contribution in [1.29, 1.82) is 0 Å². The zero-order valence-corrected chi connectivity index (χ0v) is 9.77. The number of anilines is 1. The van der Waals surface area contributed by atoms with Gasteiger partial charge in [0.1, 0.15) is 0 Å². The molecule has 0 atom stereocenters. The van der Waals surface area contributed by atoms with Crippen molar-refractivity contribution < 1.29 is 0 Å². The summed E-state index contributed by atoms with van der Waals surface area (Å²) >= 11 is 0. The number of benzene rings is 1. The Morgan fingerprint density at radius 1 is 1.31 bits per heavy atom. The maximum absolute atomic E-state index is 4.25. The Kier molecular flexibility index (Phi) is 3.25. The van der Waals surface area contributed by atoms with Gasteiger partial charge in [-0.3, -0.25) is 4.68 Å². The number of rotatable bonds is 4. The van der Waals surface area contributed by atoms with Crippen LogP contribution in [0.2, 0.25) is 0 Å². The van der Waals surface area contributed by atoms with Crippen molar-refractivity contribution in [3.63, 3.8) is 0 Å². The first kappa shape index (κ1) is 10.7. The Morgan fingerprint density at radius 3 is 2.81 bits per heavy atom. The topological polar surface area (TPSA) is 29.9 Å². The van der Waals surface area contributed by atoms with Crippen molar-refractivity contribution in [1.82, 2.24) is 9.78 Å². The fourth-order valence-corrected chi connectivity index (χ4v) is 1.64. The largest absolute Gasteiger partial charge is 0.381 e. The van der Waals surface area contributed by atoms with Gasteiger partial charge in [-0.1, -0.05) is 18.2 Å². The van der Waals surface area contributed by atoms with E-state index in [1.165, 1.54) is 16.8 Å². The van der Waals surface area contributed by atoms with E-state index in [1.807, 2.05) is 16.9 Å². The number of nitrogens with one attached hydrogen (secondary N) is 1. The van der Waals surface area contributed by atoms with Gasteiger partial charge in [0.05, 0.1) is 6.20 Å². The molecule has 1 aromatic heterocycles. The predicted octanol–water partition coefficient (Wildman–Crippen LogP) is 2.82. The van der Waals surface area contributed by atoms with Gasteiger partial charge in [0.25, 0.3) is 0 Å². The number of hydrogen-bond donors (Lipinski definition) is 1. The maximum atomic E-state index is 4.25. The Hall–Kier alpha value is -1.77. The molecule has 2 rings (SSSR count). The van der Waals surface area contributed by atoms with Gasteiger partial charge in [0.15, 0.2) is 0 Å². The van der Waals surface area contributed by atoms with Crippen LogP contribution in [0.3, 0.4) is 0 Å². The van der Waals surface area contributed by atoms with E-state index < -0.39 is 0 Å². The summed E-state index contributed by atoms with van der Waals surface area (Å²) in [4.78, 5) is 0. The quantitative estimate of drug-likeness (QED) is 0.850. The molecule has 0 aliphatic rings. The van der Waals surface area contributed by atoms with Crippen molar-refractivity contribution >= 4 is 5.69 Å². The van der Waals surface area contributed by atoms with Crippen molar-refractivity contribution in [3.8, 4) is 0 Å². The molecule has 2 aromatic rings. The van der Waals surface area contributed by atoms with E-state index in [-0.39, 0.29) is 0 Å². The van der Waals surface area contributed by atoms with Crippen LogP contribution in [0.1, 0.15) is 18.1 Å². The van der Waals surface area contributed by atoms with Crippen LogP contribution in [-0.2, 0) is 13.1 Å². The molecule has 0 aliphatic carbocycles. The van der Waals surface area contributed by atoms with Crippen molar-refractivity contribution in [2.75, 3.05) is 5.32 Å². The number of nitrogens with zero attached hydrogens (tertiary/aromatic N) is 2. The lowest BCUT2D eigenvalue weighted by molar-refractivity contribution is 0.659. The van der Waals surface area contributed by atoms with Crippen LogP contribution in [-0.4, -0.2) is 9.78 Å². The normalized spacial score (nSPS) is 10.4. The molecule has 0 radical (unpaired) electrons. The molecule has 1 aromatic carbocycles. The molecule has 0 fully saturated rings. The van der Waals surface area contributed by atoms with Crippen molar-refractivity contribution in [3.05, 3.63) is 47.8 Å². The molecule has 1 N–H and O–H groups in total. The van der Waals surface area contributed by atoms with Crippen LogP contribution in [0.5, 0.6) is 0 Å². The van der Waals surface area contributed by atoms with E-state index in [1.54, 1.807) is 0 Å². The highest BCUT2D eigenvalue weighted by Crippen LogP contribution is 2.14. The highest BCUT2D eigenvalue weighted by atomic mass is 15.3. The second kappa shape index (κ2) is 4.84. The average molecular weight is 215 g/mol. The van der Waals surface area contributed by atoms with Crippen LogP contribution >= 0.6 is 0 Å². The standard InChI is InChI=1S/C13H17N3/c1-3-16-10-12(9-15-16)8-14-13-7-5-4-6-11(13)2/h4-7,9-10,14H,3,8H2,1-2H3. The average Bonchev–Trinajstić information content (AvgIpc) is 2.76. The SMILES string of the molecule is CCn1cc(CNc2ccccc2C)cn1. The van der Waals surface area contributed by atoms with E-state index in [9.17, 15) is 0 Å². The minimum atomic E-state index is 0.824. The Balaban J connectivity index is 1.99. The molecule has 0 bridgehead atoms. The first-order valence-corrected chi connectivity index (χ1v) is 5.60. The van der Waals surface area contributed by atoms with E-state index in [0.717, 1.165) is 13.1 Å². The first-order chi connectivity index (χ1) is 7.79. The third kappa shape index (κ3) is 2.42. The molecular weight excluding hydrogens is 198 g/mol. The summed E-state index contributed by atoms with van der Waals surface area (Å²) in [7, 11) is 0. The molecular formula is C13H17N3. The molecule has 16 heavy (non-hydrogen) atoms. The lowest BCUT2D eigenvalue weighted by Gasteiger charge is -2.07. The summed E-state index contributed by atoms with van der Waals surface area (Å²) in [5.74, 6) is 0. The van der Waals surface area contributed by atoms with Gasteiger partial charge in [-0.05, 0) is 25.5 Å². The second-order valence-corrected chi connectivity index (χ2v) is 3.87.